The Balaban J connectivity index is 2.29. The van der Waals surface area contributed by atoms with E-state index in [1.807, 2.05) is 24.4 Å². The molecule has 4 nitrogen and oxygen atoms in total. The van der Waals surface area contributed by atoms with Gasteiger partial charge < -0.3 is 4.74 Å². The number of amides is 1. The summed E-state index contributed by atoms with van der Waals surface area (Å²) in [4.78, 5) is 12.8. The van der Waals surface area contributed by atoms with Crippen LogP contribution in [0.25, 0.3) is 0 Å². The van der Waals surface area contributed by atoms with E-state index in [0.29, 0.717) is 12.5 Å². The van der Waals surface area contributed by atoms with Crippen molar-refractivity contribution in [1.82, 2.24) is 5.01 Å². The summed E-state index contributed by atoms with van der Waals surface area (Å²) in [6.45, 7) is 2.42. The third-order valence-electron chi connectivity index (χ3n) is 2.18. The smallest absolute Gasteiger partial charge is 0.260 e. The molecule has 1 aliphatic rings. The van der Waals surface area contributed by atoms with Crippen LogP contribution in [0.3, 0.4) is 0 Å². The summed E-state index contributed by atoms with van der Waals surface area (Å²) < 4.78 is 5.37. The first-order valence-electron chi connectivity index (χ1n) is 4.76. The van der Waals surface area contributed by atoms with Crippen molar-refractivity contribution >= 4 is 23.1 Å². The molecule has 1 amide bonds. The molecule has 0 bridgehead atoms. The lowest BCUT2D eigenvalue weighted by Gasteiger charge is -2.08. The Morgan fingerprint density at radius 3 is 3.07 bits per heavy atom. The second kappa shape index (κ2) is 4.02. The summed E-state index contributed by atoms with van der Waals surface area (Å²) in [6, 6.07) is 3.86. The standard InChI is InChI=1S/C10H12N2O2S/c1-3-14-9-8(7-5-4-6-15-7)10(13)12(2)11-9/h4-6,8H,3H2,1-2H3. The van der Waals surface area contributed by atoms with Crippen LogP contribution in [0.4, 0.5) is 0 Å². The lowest BCUT2D eigenvalue weighted by atomic mass is 10.1. The predicted molar refractivity (Wildman–Crippen MR) is 58.9 cm³/mol. The molecule has 80 valence electrons. The molecule has 15 heavy (non-hydrogen) atoms. The number of hydrogen-bond donors (Lipinski definition) is 0. The third kappa shape index (κ3) is 1.74. The lowest BCUT2D eigenvalue weighted by Crippen LogP contribution is -2.23. The Morgan fingerprint density at radius 2 is 2.47 bits per heavy atom. The Morgan fingerprint density at radius 1 is 1.67 bits per heavy atom. The van der Waals surface area contributed by atoms with E-state index in [1.54, 1.807) is 18.4 Å². The summed E-state index contributed by atoms with van der Waals surface area (Å²) in [6.07, 6.45) is 0. The number of likely N-dealkylation sites (N-methyl/N-ethyl adjacent to an activating group) is 1. The van der Waals surface area contributed by atoms with Gasteiger partial charge in [0.25, 0.3) is 5.91 Å². The topological polar surface area (TPSA) is 41.9 Å². The van der Waals surface area contributed by atoms with Crippen LogP contribution < -0.4 is 0 Å². The molecule has 0 N–H and O–H groups in total. The first kappa shape index (κ1) is 10.2. The fraction of sp³-hybridized carbons (Fsp3) is 0.400. The molecule has 0 spiro atoms. The van der Waals surface area contributed by atoms with Gasteiger partial charge in [0.05, 0.1) is 6.61 Å². The summed E-state index contributed by atoms with van der Waals surface area (Å²) in [7, 11) is 1.65. The van der Waals surface area contributed by atoms with Crippen molar-refractivity contribution < 1.29 is 9.53 Å². The van der Waals surface area contributed by atoms with Crippen molar-refractivity contribution in [3.8, 4) is 0 Å². The van der Waals surface area contributed by atoms with E-state index in [9.17, 15) is 4.79 Å². The molecule has 0 saturated carbocycles. The molecule has 0 radical (unpaired) electrons. The van der Waals surface area contributed by atoms with Gasteiger partial charge in [0.1, 0.15) is 0 Å². The maximum atomic E-state index is 11.8. The van der Waals surface area contributed by atoms with Crippen molar-refractivity contribution in [2.75, 3.05) is 13.7 Å². The van der Waals surface area contributed by atoms with Gasteiger partial charge in [0, 0.05) is 11.9 Å². The van der Waals surface area contributed by atoms with Gasteiger partial charge in [-0.2, -0.15) is 0 Å². The van der Waals surface area contributed by atoms with Gasteiger partial charge in [0.2, 0.25) is 5.90 Å². The minimum absolute atomic E-state index is 0.0269. The third-order valence-corrected chi connectivity index (χ3v) is 3.12. The Bertz CT molecular complexity index is 386. The van der Waals surface area contributed by atoms with Gasteiger partial charge in [0.15, 0.2) is 5.92 Å². The van der Waals surface area contributed by atoms with Crippen LogP contribution in [0.5, 0.6) is 0 Å². The largest absolute Gasteiger partial charge is 0.479 e. The fourth-order valence-corrected chi connectivity index (χ4v) is 2.32. The Hall–Kier alpha value is -1.36. The number of ether oxygens (including phenoxy) is 1. The van der Waals surface area contributed by atoms with Crippen molar-refractivity contribution in [1.29, 1.82) is 0 Å². The Labute approximate surface area is 92.2 Å². The van der Waals surface area contributed by atoms with E-state index in [1.165, 1.54) is 5.01 Å². The van der Waals surface area contributed by atoms with Crippen LogP contribution in [0.1, 0.15) is 17.7 Å². The van der Waals surface area contributed by atoms with Gasteiger partial charge in [-0.05, 0) is 18.4 Å². The van der Waals surface area contributed by atoms with E-state index >= 15 is 0 Å². The predicted octanol–water partition coefficient (Wildman–Crippen LogP) is 1.65. The van der Waals surface area contributed by atoms with Crippen LogP contribution in [0.2, 0.25) is 0 Å². The highest BCUT2D eigenvalue weighted by atomic mass is 32.1. The molecule has 0 fully saturated rings. The minimum atomic E-state index is -0.338. The number of rotatable bonds is 2. The average molecular weight is 224 g/mol. The van der Waals surface area contributed by atoms with Gasteiger partial charge in [-0.25, -0.2) is 5.01 Å². The highest BCUT2D eigenvalue weighted by Crippen LogP contribution is 2.29. The first-order valence-corrected chi connectivity index (χ1v) is 5.64. The van der Waals surface area contributed by atoms with Crippen LogP contribution >= 0.6 is 11.3 Å². The average Bonchev–Trinajstić information content (AvgIpc) is 2.78. The lowest BCUT2D eigenvalue weighted by molar-refractivity contribution is -0.128. The molecule has 0 aromatic carbocycles. The second-order valence-corrected chi connectivity index (χ2v) is 4.16. The molecule has 1 aromatic heterocycles. The minimum Gasteiger partial charge on any atom is -0.479 e. The fourth-order valence-electron chi connectivity index (χ4n) is 1.51. The van der Waals surface area contributed by atoms with E-state index in [-0.39, 0.29) is 11.8 Å². The van der Waals surface area contributed by atoms with Gasteiger partial charge in [-0.1, -0.05) is 6.07 Å². The van der Waals surface area contributed by atoms with Gasteiger partial charge in [-0.15, -0.1) is 16.4 Å². The van der Waals surface area contributed by atoms with Crippen LogP contribution in [0.15, 0.2) is 22.6 Å². The van der Waals surface area contributed by atoms with E-state index in [2.05, 4.69) is 5.10 Å². The quantitative estimate of drug-likeness (QED) is 0.766. The molecular weight excluding hydrogens is 212 g/mol. The molecule has 1 aromatic rings. The van der Waals surface area contributed by atoms with E-state index < -0.39 is 0 Å². The molecular formula is C10H12N2O2S. The molecule has 0 saturated heterocycles. The van der Waals surface area contributed by atoms with Crippen molar-refractivity contribution in [2.24, 2.45) is 5.10 Å². The number of thiophene rings is 1. The van der Waals surface area contributed by atoms with E-state index in [0.717, 1.165) is 4.88 Å². The van der Waals surface area contributed by atoms with Crippen LogP contribution in [-0.2, 0) is 9.53 Å². The summed E-state index contributed by atoms with van der Waals surface area (Å²) >= 11 is 1.55. The number of nitrogens with zero attached hydrogens (tertiary/aromatic N) is 2. The zero-order valence-electron chi connectivity index (χ0n) is 8.64. The summed E-state index contributed by atoms with van der Waals surface area (Å²) in [5.74, 6) is 0.142. The molecule has 1 aliphatic heterocycles. The number of carbonyl (C=O) groups is 1. The maximum Gasteiger partial charge on any atom is 0.260 e. The summed E-state index contributed by atoms with van der Waals surface area (Å²) in [5, 5.41) is 7.37. The molecule has 2 heterocycles. The Kier molecular flexibility index (Phi) is 2.73. The maximum absolute atomic E-state index is 11.8. The first-order chi connectivity index (χ1) is 7.24. The summed E-state index contributed by atoms with van der Waals surface area (Å²) in [5.41, 5.74) is 0. The molecule has 1 unspecified atom stereocenters. The molecule has 2 rings (SSSR count). The molecule has 1 atom stereocenters. The van der Waals surface area contributed by atoms with Crippen LogP contribution in [0, 0.1) is 0 Å². The van der Waals surface area contributed by atoms with Crippen molar-refractivity contribution in [2.45, 2.75) is 12.8 Å². The monoisotopic (exact) mass is 224 g/mol. The van der Waals surface area contributed by atoms with Crippen molar-refractivity contribution in [3.05, 3.63) is 22.4 Å². The molecule has 5 heteroatoms. The van der Waals surface area contributed by atoms with Crippen LogP contribution in [-0.4, -0.2) is 30.5 Å². The second-order valence-electron chi connectivity index (χ2n) is 3.18. The molecule has 0 aliphatic carbocycles. The highest BCUT2D eigenvalue weighted by molar-refractivity contribution is 7.10. The number of hydrazone groups is 1. The van der Waals surface area contributed by atoms with Crippen molar-refractivity contribution in [3.63, 3.8) is 0 Å². The van der Waals surface area contributed by atoms with E-state index in [4.69, 9.17) is 4.74 Å². The number of hydrogen-bond acceptors (Lipinski definition) is 4. The van der Waals surface area contributed by atoms with Gasteiger partial charge in [-0.3, -0.25) is 4.79 Å². The SMILES string of the molecule is CCOC1=NN(C)C(=O)C1c1cccs1. The zero-order valence-corrected chi connectivity index (χ0v) is 9.45. The number of carbonyl (C=O) groups excluding carboxylic acids is 1. The highest BCUT2D eigenvalue weighted by Gasteiger charge is 2.37. The zero-order chi connectivity index (χ0) is 10.8. The van der Waals surface area contributed by atoms with Gasteiger partial charge >= 0.3 is 0 Å². The normalized spacial score (nSPS) is 20.7.